The molecule has 5 heteroatoms. The summed E-state index contributed by atoms with van der Waals surface area (Å²) in [6.45, 7) is 1.65. The van der Waals surface area contributed by atoms with Crippen LogP contribution in [0.25, 0.3) is 0 Å². The monoisotopic (exact) mass is 247 g/mol. The van der Waals surface area contributed by atoms with Crippen LogP contribution in [0.2, 0.25) is 0 Å². The smallest absolute Gasteiger partial charge is 0.261 e. The predicted molar refractivity (Wildman–Crippen MR) is 69.4 cm³/mol. The highest BCUT2D eigenvalue weighted by Crippen LogP contribution is 2.26. The molecular weight excluding hydrogens is 234 g/mol. The van der Waals surface area contributed by atoms with Crippen molar-refractivity contribution in [2.45, 2.75) is 11.8 Å². The summed E-state index contributed by atoms with van der Waals surface area (Å²) in [5, 5.41) is 11.8. The number of anilines is 1. The van der Waals surface area contributed by atoms with Crippen LogP contribution in [0.4, 0.5) is 5.69 Å². The zero-order valence-electron chi connectivity index (χ0n) is 9.65. The number of primary amides is 1. The third-order valence-corrected chi connectivity index (χ3v) is 2.96. The quantitative estimate of drug-likeness (QED) is 0.485. The lowest BCUT2D eigenvalue weighted by Crippen LogP contribution is -2.16. The Morgan fingerprint density at radius 2 is 2.12 bits per heavy atom. The second-order valence-electron chi connectivity index (χ2n) is 3.30. The van der Waals surface area contributed by atoms with E-state index in [2.05, 4.69) is 5.32 Å². The molecule has 4 nitrogen and oxygen atoms in total. The maximum atomic E-state index is 11.0. The van der Waals surface area contributed by atoms with Crippen LogP contribution in [-0.4, -0.2) is 12.2 Å². The third-order valence-electron chi connectivity index (χ3n) is 2.16. The summed E-state index contributed by atoms with van der Waals surface area (Å²) in [7, 11) is 0. The van der Waals surface area contributed by atoms with E-state index in [1.54, 1.807) is 24.8 Å². The van der Waals surface area contributed by atoms with Crippen LogP contribution in [0, 0.1) is 11.3 Å². The molecule has 0 saturated carbocycles. The lowest BCUT2D eigenvalue weighted by molar-refractivity contribution is -0.114. The number of amides is 1. The molecule has 0 atom stereocenters. The van der Waals surface area contributed by atoms with E-state index in [1.165, 1.54) is 0 Å². The number of nitrogens with two attached hydrogens (primary N) is 1. The van der Waals surface area contributed by atoms with Gasteiger partial charge < -0.3 is 11.1 Å². The van der Waals surface area contributed by atoms with Crippen LogP contribution >= 0.6 is 11.8 Å². The minimum Gasteiger partial charge on any atom is -0.365 e. The number of nitriles is 1. The normalized spacial score (nSPS) is 11.4. The maximum absolute atomic E-state index is 11.0. The summed E-state index contributed by atoms with van der Waals surface area (Å²) in [5.74, 6) is -0.723. The number of hydrogen-bond acceptors (Lipinski definition) is 4. The molecule has 0 aliphatic rings. The van der Waals surface area contributed by atoms with Crippen molar-refractivity contribution in [1.29, 1.82) is 5.26 Å². The second-order valence-corrected chi connectivity index (χ2v) is 4.15. The van der Waals surface area contributed by atoms with Gasteiger partial charge >= 0.3 is 0 Å². The molecular formula is C12H13N3OS. The molecule has 0 aliphatic heterocycles. The van der Waals surface area contributed by atoms with E-state index in [0.717, 1.165) is 10.6 Å². The van der Waals surface area contributed by atoms with Gasteiger partial charge in [0.2, 0.25) is 0 Å². The van der Waals surface area contributed by atoms with Crippen molar-refractivity contribution in [3.63, 3.8) is 0 Å². The van der Waals surface area contributed by atoms with E-state index in [4.69, 9.17) is 11.0 Å². The second kappa shape index (κ2) is 5.97. The van der Waals surface area contributed by atoms with E-state index >= 15 is 0 Å². The van der Waals surface area contributed by atoms with Gasteiger partial charge in [-0.2, -0.15) is 5.26 Å². The summed E-state index contributed by atoms with van der Waals surface area (Å²) in [5.41, 5.74) is 6.37. The molecule has 0 saturated heterocycles. The molecule has 0 spiro atoms. The number of carbonyl (C=O) groups is 1. The van der Waals surface area contributed by atoms with Crippen LogP contribution < -0.4 is 11.1 Å². The van der Waals surface area contributed by atoms with Crippen LogP contribution in [0.3, 0.4) is 0 Å². The van der Waals surface area contributed by atoms with Crippen LogP contribution in [-0.2, 0) is 4.79 Å². The highest BCUT2D eigenvalue weighted by Gasteiger charge is 2.09. The number of allylic oxidation sites excluding steroid dienone is 1. The lowest BCUT2D eigenvalue weighted by atomic mass is 10.2. The van der Waals surface area contributed by atoms with Gasteiger partial charge in [-0.05, 0) is 25.3 Å². The lowest BCUT2D eigenvalue weighted by Gasteiger charge is -2.11. The Hall–Kier alpha value is -1.93. The molecule has 0 bridgehead atoms. The van der Waals surface area contributed by atoms with E-state index in [1.807, 2.05) is 30.5 Å². The summed E-state index contributed by atoms with van der Waals surface area (Å²) < 4.78 is 0. The Kier molecular flexibility index (Phi) is 4.61. The van der Waals surface area contributed by atoms with Gasteiger partial charge in [0.15, 0.2) is 0 Å². The summed E-state index contributed by atoms with van der Waals surface area (Å²) in [6, 6.07) is 9.44. The van der Waals surface area contributed by atoms with Crippen molar-refractivity contribution in [2.75, 3.05) is 11.6 Å². The molecule has 1 aromatic rings. The van der Waals surface area contributed by atoms with E-state index < -0.39 is 5.91 Å². The Balaban J connectivity index is 3.07. The van der Waals surface area contributed by atoms with E-state index in [-0.39, 0.29) is 5.57 Å². The number of hydrogen-bond donors (Lipinski definition) is 2. The Labute approximate surface area is 104 Å². The van der Waals surface area contributed by atoms with E-state index in [9.17, 15) is 4.79 Å². The molecule has 0 unspecified atom stereocenters. The molecule has 3 N–H and O–H groups in total. The van der Waals surface area contributed by atoms with Gasteiger partial charge in [0.25, 0.3) is 5.91 Å². The largest absolute Gasteiger partial charge is 0.365 e. The molecule has 0 aromatic heterocycles. The van der Waals surface area contributed by atoms with Crippen molar-refractivity contribution in [2.24, 2.45) is 5.73 Å². The zero-order chi connectivity index (χ0) is 12.8. The molecule has 0 fully saturated rings. The molecule has 0 aliphatic carbocycles. The first-order valence-electron chi connectivity index (χ1n) is 4.91. The third kappa shape index (κ3) is 3.26. The standard InChI is InChI=1S/C12H13N3OS/c1-8(9(7-13)12(14)16)15-10-5-3-4-6-11(10)17-2/h3-6,15H,1-2H3,(H2,14,16)/b9-8+. The van der Waals surface area contributed by atoms with Gasteiger partial charge in [-0.3, -0.25) is 4.79 Å². The maximum Gasteiger partial charge on any atom is 0.261 e. The number of benzene rings is 1. The number of para-hydroxylation sites is 1. The van der Waals surface area contributed by atoms with Gasteiger partial charge in [0.05, 0.1) is 5.69 Å². The molecule has 17 heavy (non-hydrogen) atoms. The van der Waals surface area contributed by atoms with E-state index in [0.29, 0.717) is 5.70 Å². The zero-order valence-corrected chi connectivity index (χ0v) is 10.5. The van der Waals surface area contributed by atoms with Crippen LogP contribution in [0.15, 0.2) is 40.4 Å². The average molecular weight is 247 g/mol. The van der Waals surface area contributed by atoms with Gasteiger partial charge in [-0.25, -0.2) is 0 Å². The molecule has 1 amide bonds. The number of carbonyl (C=O) groups excluding carboxylic acids is 1. The highest BCUT2D eigenvalue weighted by atomic mass is 32.2. The summed E-state index contributed by atoms with van der Waals surface area (Å²) >= 11 is 1.58. The first-order valence-corrected chi connectivity index (χ1v) is 6.13. The average Bonchev–Trinajstić information content (AvgIpc) is 2.30. The molecule has 88 valence electrons. The summed E-state index contributed by atoms with van der Waals surface area (Å²) in [6.07, 6.45) is 1.96. The molecule has 0 heterocycles. The minimum absolute atomic E-state index is 0.0547. The fraction of sp³-hybridized carbons (Fsp3) is 0.167. The van der Waals surface area contributed by atoms with Gasteiger partial charge in [-0.1, -0.05) is 12.1 Å². The van der Waals surface area contributed by atoms with Crippen molar-refractivity contribution in [3.8, 4) is 6.07 Å². The number of nitrogens with one attached hydrogen (secondary N) is 1. The summed E-state index contributed by atoms with van der Waals surface area (Å²) in [4.78, 5) is 12.0. The van der Waals surface area contributed by atoms with Crippen molar-refractivity contribution >= 4 is 23.4 Å². The van der Waals surface area contributed by atoms with Crippen LogP contribution in [0.1, 0.15) is 6.92 Å². The fourth-order valence-electron chi connectivity index (χ4n) is 1.34. The molecule has 1 rings (SSSR count). The van der Waals surface area contributed by atoms with Crippen molar-refractivity contribution < 1.29 is 4.79 Å². The van der Waals surface area contributed by atoms with Crippen molar-refractivity contribution in [3.05, 3.63) is 35.5 Å². The highest BCUT2D eigenvalue weighted by molar-refractivity contribution is 7.98. The van der Waals surface area contributed by atoms with Gasteiger partial charge in [0.1, 0.15) is 11.6 Å². The molecule has 1 aromatic carbocycles. The topological polar surface area (TPSA) is 78.9 Å². The number of thioether (sulfide) groups is 1. The van der Waals surface area contributed by atoms with Crippen molar-refractivity contribution in [1.82, 2.24) is 0 Å². The Bertz CT molecular complexity index is 503. The number of rotatable bonds is 4. The first kappa shape index (κ1) is 13.1. The fourth-order valence-corrected chi connectivity index (χ4v) is 1.89. The predicted octanol–water partition coefficient (Wildman–Crippen LogP) is 2.10. The van der Waals surface area contributed by atoms with Gasteiger partial charge in [0, 0.05) is 10.6 Å². The Morgan fingerprint density at radius 1 is 1.47 bits per heavy atom. The number of nitrogens with zero attached hydrogens (tertiary/aromatic N) is 1. The SMILES string of the molecule is CSc1ccccc1N/C(C)=C(\C#N)C(N)=O. The van der Waals surface area contributed by atoms with Gasteiger partial charge in [-0.15, -0.1) is 11.8 Å². The molecule has 0 radical (unpaired) electrons. The Morgan fingerprint density at radius 3 is 2.65 bits per heavy atom. The first-order chi connectivity index (χ1) is 8.10. The van der Waals surface area contributed by atoms with Crippen LogP contribution in [0.5, 0.6) is 0 Å². The minimum atomic E-state index is -0.723.